The zero-order valence-corrected chi connectivity index (χ0v) is 15.5. The minimum atomic E-state index is -0.430. The summed E-state index contributed by atoms with van der Waals surface area (Å²) in [6.07, 6.45) is 8.05. The number of nitrogens with zero attached hydrogens (tertiary/aromatic N) is 3. The molecular weight excluding hydrogens is 362 g/mol. The van der Waals surface area contributed by atoms with Gasteiger partial charge in [0.25, 0.3) is 0 Å². The average Bonchev–Trinajstić information content (AvgIpc) is 3.01. The molecule has 0 amide bonds. The van der Waals surface area contributed by atoms with Crippen molar-refractivity contribution in [3.63, 3.8) is 0 Å². The molecule has 2 N–H and O–H groups in total. The van der Waals surface area contributed by atoms with E-state index in [1.54, 1.807) is 0 Å². The van der Waals surface area contributed by atoms with E-state index in [9.17, 15) is 10.1 Å². The third-order valence-electron chi connectivity index (χ3n) is 5.10. The van der Waals surface area contributed by atoms with Crippen LogP contribution in [0.1, 0.15) is 44.1 Å². The second-order valence-corrected chi connectivity index (χ2v) is 7.05. The van der Waals surface area contributed by atoms with Crippen LogP contribution in [0.5, 0.6) is 11.5 Å². The van der Waals surface area contributed by atoms with Gasteiger partial charge in [-0.05, 0) is 30.5 Å². The molecular formula is C19H23N5O4. The molecule has 1 fully saturated rings. The van der Waals surface area contributed by atoms with Crippen molar-refractivity contribution in [1.29, 1.82) is 0 Å². The second-order valence-electron chi connectivity index (χ2n) is 7.05. The van der Waals surface area contributed by atoms with Crippen molar-refractivity contribution >= 4 is 17.3 Å². The Hall–Kier alpha value is -3.10. The molecule has 0 bridgehead atoms. The molecule has 0 atom stereocenters. The summed E-state index contributed by atoms with van der Waals surface area (Å²) in [5, 5.41) is 18.1. The van der Waals surface area contributed by atoms with E-state index in [0.29, 0.717) is 18.0 Å². The fraction of sp³-hybridized carbons (Fsp3) is 0.474. The highest BCUT2D eigenvalue weighted by molar-refractivity contribution is 5.69. The molecule has 1 aromatic heterocycles. The van der Waals surface area contributed by atoms with Gasteiger partial charge in [-0.25, -0.2) is 9.97 Å². The Morgan fingerprint density at radius 3 is 2.61 bits per heavy atom. The smallest absolute Gasteiger partial charge is 0.353 e. The molecule has 2 heterocycles. The molecule has 148 valence electrons. The van der Waals surface area contributed by atoms with Crippen LogP contribution in [0.25, 0.3) is 0 Å². The fourth-order valence-corrected chi connectivity index (χ4v) is 3.64. The third kappa shape index (κ3) is 4.08. The molecule has 9 nitrogen and oxygen atoms in total. The molecule has 1 aliphatic heterocycles. The quantitative estimate of drug-likeness (QED) is 0.438. The summed E-state index contributed by atoms with van der Waals surface area (Å²) in [5.41, 5.74) is 0.794. The van der Waals surface area contributed by atoms with Gasteiger partial charge in [0.05, 0.1) is 4.92 Å². The summed E-state index contributed by atoms with van der Waals surface area (Å²) in [5.74, 6) is 1.85. The minimum Gasteiger partial charge on any atom is -0.454 e. The summed E-state index contributed by atoms with van der Waals surface area (Å²) in [6, 6.07) is 5.77. The van der Waals surface area contributed by atoms with Crippen LogP contribution in [0.3, 0.4) is 0 Å². The zero-order chi connectivity index (χ0) is 19.3. The molecule has 1 saturated carbocycles. The summed E-state index contributed by atoms with van der Waals surface area (Å²) in [7, 11) is 0. The Bertz CT molecular complexity index is 852. The predicted molar refractivity (Wildman–Crippen MR) is 104 cm³/mol. The lowest BCUT2D eigenvalue weighted by Crippen LogP contribution is -2.20. The molecule has 28 heavy (non-hydrogen) atoms. The third-order valence-corrected chi connectivity index (χ3v) is 5.10. The van der Waals surface area contributed by atoms with Crippen LogP contribution in [0.15, 0.2) is 24.5 Å². The van der Waals surface area contributed by atoms with Crippen LogP contribution in [-0.2, 0) is 6.54 Å². The standard InChI is InChI=1S/C19H23N5O4/c25-24(26)17-18(20-10-13-7-8-15-16(9-13)28-12-27-15)21-11-22-19(17)23-14-5-3-1-2-4-6-14/h7-9,11,14H,1-6,10,12H2,(H2,20,21,22,23). The highest BCUT2D eigenvalue weighted by Gasteiger charge is 2.25. The van der Waals surface area contributed by atoms with Crippen molar-refractivity contribution in [2.75, 3.05) is 17.4 Å². The summed E-state index contributed by atoms with van der Waals surface area (Å²) >= 11 is 0. The van der Waals surface area contributed by atoms with Crippen LogP contribution in [0.2, 0.25) is 0 Å². The van der Waals surface area contributed by atoms with Crippen LogP contribution in [0.4, 0.5) is 17.3 Å². The molecule has 0 saturated heterocycles. The lowest BCUT2D eigenvalue weighted by Gasteiger charge is -2.17. The average molecular weight is 385 g/mol. The molecule has 0 unspecified atom stereocenters. The maximum atomic E-state index is 11.7. The van der Waals surface area contributed by atoms with E-state index in [2.05, 4.69) is 20.6 Å². The van der Waals surface area contributed by atoms with Gasteiger partial charge >= 0.3 is 5.69 Å². The number of anilines is 2. The number of nitrogens with one attached hydrogen (secondary N) is 2. The first-order valence-electron chi connectivity index (χ1n) is 9.59. The van der Waals surface area contributed by atoms with Gasteiger partial charge in [0, 0.05) is 12.6 Å². The maximum absolute atomic E-state index is 11.7. The van der Waals surface area contributed by atoms with Gasteiger partial charge < -0.3 is 20.1 Å². The van der Waals surface area contributed by atoms with Crippen LogP contribution < -0.4 is 20.1 Å². The monoisotopic (exact) mass is 385 g/mol. The maximum Gasteiger partial charge on any atom is 0.353 e. The molecule has 4 rings (SSSR count). The Balaban J connectivity index is 1.50. The first kappa shape index (κ1) is 18.3. The second kappa shape index (κ2) is 8.28. The number of nitro groups is 1. The lowest BCUT2D eigenvalue weighted by molar-refractivity contribution is -0.383. The highest BCUT2D eigenvalue weighted by atomic mass is 16.7. The van der Waals surface area contributed by atoms with Crippen molar-refractivity contribution in [3.05, 3.63) is 40.2 Å². The minimum absolute atomic E-state index is 0.118. The summed E-state index contributed by atoms with van der Waals surface area (Å²) in [6.45, 7) is 0.581. The van der Waals surface area contributed by atoms with Crippen molar-refractivity contribution in [2.24, 2.45) is 0 Å². The van der Waals surface area contributed by atoms with Gasteiger partial charge in [-0.1, -0.05) is 31.7 Å². The molecule has 2 aromatic rings. The van der Waals surface area contributed by atoms with E-state index < -0.39 is 4.92 Å². The van der Waals surface area contributed by atoms with Gasteiger partial charge in [0.1, 0.15) is 6.33 Å². The topological polar surface area (TPSA) is 111 Å². The molecule has 9 heteroatoms. The number of hydrogen-bond donors (Lipinski definition) is 2. The Morgan fingerprint density at radius 2 is 1.82 bits per heavy atom. The summed E-state index contributed by atoms with van der Waals surface area (Å²) < 4.78 is 10.7. The number of benzene rings is 1. The van der Waals surface area contributed by atoms with E-state index in [-0.39, 0.29) is 30.2 Å². The molecule has 0 radical (unpaired) electrons. The van der Waals surface area contributed by atoms with Crippen molar-refractivity contribution in [1.82, 2.24) is 9.97 Å². The van der Waals surface area contributed by atoms with Crippen LogP contribution in [-0.4, -0.2) is 27.7 Å². The molecule has 1 aromatic carbocycles. The number of hydrogen-bond acceptors (Lipinski definition) is 8. The Kier molecular flexibility index (Phi) is 5.41. The number of fused-ring (bicyclic) bond motifs is 1. The van der Waals surface area contributed by atoms with Crippen molar-refractivity contribution in [3.8, 4) is 11.5 Å². The zero-order valence-electron chi connectivity index (χ0n) is 15.5. The van der Waals surface area contributed by atoms with E-state index in [1.807, 2.05) is 18.2 Å². The normalized spacial score (nSPS) is 16.4. The molecule has 1 aliphatic carbocycles. The van der Waals surface area contributed by atoms with Gasteiger partial charge in [-0.3, -0.25) is 10.1 Å². The summed E-state index contributed by atoms with van der Waals surface area (Å²) in [4.78, 5) is 19.5. The number of aromatic nitrogens is 2. The first-order chi connectivity index (χ1) is 13.7. The van der Waals surface area contributed by atoms with Gasteiger partial charge in [0.2, 0.25) is 18.4 Å². The Labute approximate surface area is 162 Å². The first-order valence-corrected chi connectivity index (χ1v) is 9.59. The van der Waals surface area contributed by atoms with E-state index >= 15 is 0 Å². The van der Waals surface area contributed by atoms with E-state index in [0.717, 1.165) is 31.2 Å². The van der Waals surface area contributed by atoms with Crippen molar-refractivity contribution in [2.45, 2.75) is 51.1 Å². The van der Waals surface area contributed by atoms with Crippen LogP contribution >= 0.6 is 0 Å². The van der Waals surface area contributed by atoms with Gasteiger partial charge in [-0.15, -0.1) is 0 Å². The van der Waals surface area contributed by atoms with Crippen molar-refractivity contribution < 1.29 is 14.4 Å². The fourth-order valence-electron chi connectivity index (χ4n) is 3.64. The largest absolute Gasteiger partial charge is 0.454 e. The predicted octanol–water partition coefficient (Wildman–Crippen LogP) is 3.86. The molecule has 2 aliphatic rings. The molecule has 0 spiro atoms. The number of rotatable bonds is 6. The Morgan fingerprint density at radius 1 is 1.07 bits per heavy atom. The van der Waals surface area contributed by atoms with Crippen LogP contribution in [0, 0.1) is 10.1 Å². The van der Waals surface area contributed by atoms with Gasteiger partial charge in [-0.2, -0.15) is 0 Å². The SMILES string of the molecule is O=[N+]([O-])c1c(NCc2ccc3c(c2)OCO3)ncnc1NC1CCCCCC1. The lowest BCUT2D eigenvalue weighted by atomic mass is 10.1. The highest BCUT2D eigenvalue weighted by Crippen LogP contribution is 2.34. The van der Waals surface area contributed by atoms with E-state index in [1.165, 1.54) is 19.2 Å². The van der Waals surface area contributed by atoms with Gasteiger partial charge in [0.15, 0.2) is 11.5 Å². The van der Waals surface area contributed by atoms with E-state index in [4.69, 9.17) is 9.47 Å². The number of ether oxygens (including phenoxy) is 2.